The fraction of sp³-hybridized carbons (Fsp3) is 0.0526. The molecular weight excluding hydrogens is 391 g/mol. The average molecular weight is 403 g/mol. The van der Waals surface area contributed by atoms with Crippen molar-refractivity contribution in [1.82, 2.24) is 5.43 Å². The quantitative estimate of drug-likeness (QED) is 0.381. The summed E-state index contributed by atoms with van der Waals surface area (Å²) in [7, 11) is 0. The van der Waals surface area contributed by atoms with Crippen molar-refractivity contribution in [3.05, 3.63) is 87.9 Å². The van der Waals surface area contributed by atoms with Crippen molar-refractivity contribution in [2.45, 2.75) is 6.18 Å². The Kier molecular flexibility index (Phi) is 5.44. The van der Waals surface area contributed by atoms with E-state index < -0.39 is 22.8 Å². The first kappa shape index (κ1) is 19.8. The van der Waals surface area contributed by atoms with Gasteiger partial charge in [0.15, 0.2) is 5.76 Å². The number of hydrogen-bond donors (Lipinski definition) is 1. The molecule has 1 N–H and O–H groups in total. The van der Waals surface area contributed by atoms with Gasteiger partial charge in [0.1, 0.15) is 0 Å². The smallest absolute Gasteiger partial charge is 0.449 e. The molecule has 0 radical (unpaired) electrons. The summed E-state index contributed by atoms with van der Waals surface area (Å²) in [6.45, 7) is 0. The zero-order valence-electron chi connectivity index (χ0n) is 14.5. The number of benzene rings is 2. The molecule has 7 nitrogen and oxygen atoms in total. The Hall–Kier alpha value is -3.95. The third kappa shape index (κ3) is 4.67. The maximum absolute atomic E-state index is 13.0. The van der Waals surface area contributed by atoms with Crippen LogP contribution in [0.1, 0.15) is 21.9 Å². The number of halogens is 3. The molecule has 0 saturated heterocycles. The Balaban J connectivity index is 1.81. The van der Waals surface area contributed by atoms with Crippen molar-refractivity contribution in [2.75, 3.05) is 0 Å². The van der Waals surface area contributed by atoms with E-state index in [2.05, 4.69) is 10.5 Å². The summed E-state index contributed by atoms with van der Waals surface area (Å²) in [5.41, 5.74) is 2.68. The number of alkyl halides is 3. The highest BCUT2D eigenvalue weighted by Crippen LogP contribution is 2.35. The van der Waals surface area contributed by atoms with Gasteiger partial charge in [-0.3, -0.25) is 14.9 Å². The lowest BCUT2D eigenvalue weighted by Gasteiger charge is -2.00. The second kappa shape index (κ2) is 7.97. The van der Waals surface area contributed by atoms with E-state index >= 15 is 0 Å². The number of hydrazone groups is 1. The lowest BCUT2D eigenvalue weighted by molar-refractivity contribution is -0.384. The monoisotopic (exact) mass is 403 g/mol. The third-order valence-electron chi connectivity index (χ3n) is 3.81. The molecule has 148 valence electrons. The highest BCUT2D eigenvalue weighted by atomic mass is 19.4. The number of nitro groups is 1. The van der Waals surface area contributed by atoms with Gasteiger partial charge < -0.3 is 4.42 Å². The summed E-state index contributed by atoms with van der Waals surface area (Å²) in [6, 6.07) is 13.9. The molecule has 0 atom stereocenters. The van der Waals surface area contributed by atoms with Crippen LogP contribution in [-0.4, -0.2) is 17.0 Å². The van der Waals surface area contributed by atoms with Gasteiger partial charge in [-0.25, -0.2) is 5.43 Å². The second-order valence-electron chi connectivity index (χ2n) is 5.76. The lowest BCUT2D eigenvalue weighted by atomic mass is 10.1. The van der Waals surface area contributed by atoms with Gasteiger partial charge in [0.2, 0.25) is 5.76 Å². The predicted octanol–water partition coefficient (Wildman–Crippen LogP) is 4.64. The van der Waals surface area contributed by atoms with E-state index in [1.165, 1.54) is 12.1 Å². The van der Waals surface area contributed by atoms with Crippen molar-refractivity contribution in [2.24, 2.45) is 5.10 Å². The molecule has 0 fully saturated rings. The van der Waals surface area contributed by atoms with Crippen molar-refractivity contribution < 1.29 is 27.3 Å². The number of hydrogen-bond acceptors (Lipinski definition) is 5. The molecule has 29 heavy (non-hydrogen) atoms. The van der Waals surface area contributed by atoms with Crippen LogP contribution < -0.4 is 5.43 Å². The molecule has 0 aliphatic heterocycles. The largest absolute Gasteiger partial charge is 0.450 e. The zero-order valence-corrected chi connectivity index (χ0v) is 14.5. The Labute approximate surface area is 161 Å². The highest BCUT2D eigenvalue weighted by Gasteiger charge is 2.36. The SMILES string of the molecule is O=C(NN=Cc1oc(C(F)(F)F)cc1-c1ccccc1)c1ccc([N+](=O)[O-])cc1. The maximum Gasteiger partial charge on any atom is 0.449 e. The van der Waals surface area contributed by atoms with Crippen LogP contribution in [0.5, 0.6) is 0 Å². The number of amides is 1. The molecule has 1 heterocycles. The molecule has 0 saturated carbocycles. The Morgan fingerprint density at radius 1 is 1.10 bits per heavy atom. The molecule has 10 heteroatoms. The summed E-state index contributed by atoms with van der Waals surface area (Å²) in [5, 5.41) is 14.3. The van der Waals surface area contributed by atoms with Crippen LogP contribution in [-0.2, 0) is 6.18 Å². The van der Waals surface area contributed by atoms with Crippen molar-refractivity contribution >= 4 is 17.8 Å². The second-order valence-corrected chi connectivity index (χ2v) is 5.76. The average Bonchev–Trinajstić information content (AvgIpc) is 3.13. The molecule has 0 aliphatic rings. The summed E-state index contributed by atoms with van der Waals surface area (Å²) in [5.74, 6) is -2.08. The molecule has 3 aromatic rings. The molecule has 1 amide bonds. The first-order valence-electron chi connectivity index (χ1n) is 8.10. The summed E-state index contributed by atoms with van der Waals surface area (Å²) in [4.78, 5) is 22.0. The van der Waals surface area contributed by atoms with Gasteiger partial charge in [-0.1, -0.05) is 30.3 Å². The van der Waals surface area contributed by atoms with Crippen molar-refractivity contribution in [3.8, 4) is 11.1 Å². The van der Waals surface area contributed by atoms with E-state index in [9.17, 15) is 28.1 Å². The normalized spacial score (nSPS) is 11.6. The molecule has 0 bridgehead atoms. The van der Waals surface area contributed by atoms with Gasteiger partial charge in [0, 0.05) is 23.3 Å². The van der Waals surface area contributed by atoms with Crippen LogP contribution in [0.25, 0.3) is 11.1 Å². The summed E-state index contributed by atoms with van der Waals surface area (Å²) >= 11 is 0. The number of non-ortho nitro benzene ring substituents is 1. The number of carbonyl (C=O) groups excluding carboxylic acids is 1. The first-order chi connectivity index (χ1) is 13.8. The van der Waals surface area contributed by atoms with Crippen LogP contribution in [0.3, 0.4) is 0 Å². The molecule has 0 unspecified atom stereocenters. The topological polar surface area (TPSA) is 97.7 Å². The minimum Gasteiger partial charge on any atom is -0.450 e. The lowest BCUT2D eigenvalue weighted by Crippen LogP contribution is -2.17. The Bertz CT molecular complexity index is 1060. The highest BCUT2D eigenvalue weighted by molar-refractivity contribution is 5.95. The molecule has 0 spiro atoms. The van der Waals surface area contributed by atoms with Crippen LogP contribution in [0.15, 0.2) is 70.2 Å². The fourth-order valence-electron chi connectivity index (χ4n) is 2.43. The maximum atomic E-state index is 13.0. The number of rotatable bonds is 5. The van der Waals surface area contributed by atoms with E-state index in [0.717, 1.165) is 24.4 Å². The number of nitrogens with zero attached hydrogens (tertiary/aromatic N) is 2. The van der Waals surface area contributed by atoms with Crippen molar-refractivity contribution in [3.63, 3.8) is 0 Å². The summed E-state index contributed by atoms with van der Waals surface area (Å²) in [6.07, 6.45) is -3.72. The van der Waals surface area contributed by atoms with Crippen molar-refractivity contribution in [1.29, 1.82) is 0 Å². The number of nitro benzene ring substituents is 1. The van der Waals surface area contributed by atoms with E-state index in [1.807, 2.05) is 0 Å². The van der Waals surface area contributed by atoms with Gasteiger partial charge in [-0.2, -0.15) is 18.3 Å². The van der Waals surface area contributed by atoms with Crippen LogP contribution in [0, 0.1) is 10.1 Å². The Morgan fingerprint density at radius 2 is 1.76 bits per heavy atom. The van der Waals surface area contributed by atoms with Gasteiger partial charge in [-0.05, 0) is 23.8 Å². The summed E-state index contributed by atoms with van der Waals surface area (Å²) < 4.78 is 43.9. The van der Waals surface area contributed by atoms with E-state index in [-0.39, 0.29) is 22.6 Å². The Morgan fingerprint density at radius 3 is 2.34 bits per heavy atom. The van der Waals surface area contributed by atoms with Gasteiger partial charge in [0.25, 0.3) is 11.6 Å². The van der Waals surface area contributed by atoms with E-state index in [1.54, 1.807) is 30.3 Å². The molecule has 3 rings (SSSR count). The first-order valence-corrected chi connectivity index (χ1v) is 8.10. The van der Waals surface area contributed by atoms with Gasteiger partial charge in [-0.15, -0.1) is 0 Å². The van der Waals surface area contributed by atoms with Crippen LogP contribution in [0.2, 0.25) is 0 Å². The van der Waals surface area contributed by atoms with Gasteiger partial charge in [0.05, 0.1) is 11.1 Å². The van der Waals surface area contributed by atoms with Gasteiger partial charge >= 0.3 is 6.18 Å². The molecule has 1 aromatic heterocycles. The number of furan rings is 1. The molecule has 0 aliphatic carbocycles. The minimum atomic E-state index is -4.68. The number of nitrogens with one attached hydrogen (secondary N) is 1. The minimum absolute atomic E-state index is 0.0893. The van der Waals surface area contributed by atoms with Crippen LogP contribution in [0.4, 0.5) is 18.9 Å². The van der Waals surface area contributed by atoms with E-state index in [0.29, 0.717) is 5.56 Å². The zero-order chi connectivity index (χ0) is 21.0. The fourth-order valence-corrected chi connectivity index (χ4v) is 2.43. The molecular formula is C19H12F3N3O4. The van der Waals surface area contributed by atoms with Crippen LogP contribution >= 0.6 is 0 Å². The standard InChI is InChI=1S/C19H12F3N3O4/c20-19(21,22)17-10-15(12-4-2-1-3-5-12)16(29-17)11-23-24-18(26)13-6-8-14(9-7-13)25(27)28/h1-11H,(H,24,26). The number of carbonyl (C=O) groups is 1. The van der Waals surface area contributed by atoms with E-state index in [4.69, 9.17) is 4.42 Å². The molecule has 2 aromatic carbocycles. The predicted molar refractivity (Wildman–Crippen MR) is 97.3 cm³/mol. The third-order valence-corrected chi connectivity index (χ3v) is 3.81.